The summed E-state index contributed by atoms with van der Waals surface area (Å²) in [5, 5.41) is 13.8. The molecule has 2 aromatic rings. The van der Waals surface area contributed by atoms with Crippen LogP contribution in [0.5, 0.6) is 0 Å². The SMILES string of the molecule is CCCCC[C@H](CN(O)C=O)C(=O)NNc1nccc(-c2c(C)noc2C)n1. The second-order valence-corrected chi connectivity index (χ2v) is 6.50. The third kappa shape index (κ3) is 5.74. The fourth-order valence-corrected chi connectivity index (χ4v) is 2.84. The number of hydrazine groups is 1. The molecule has 2 rings (SSSR count). The minimum atomic E-state index is -0.556. The van der Waals surface area contributed by atoms with Crippen LogP contribution in [0.4, 0.5) is 5.95 Å². The monoisotopic (exact) mass is 390 g/mol. The van der Waals surface area contributed by atoms with Gasteiger partial charge in [0, 0.05) is 6.20 Å². The summed E-state index contributed by atoms with van der Waals surface area (Å²) in [4.78, 5) is 31.6. The van der Waals surface area contributed by atoms with E-state index in [1.54, 1.807) is 19.2 Å². The third-order valence-corrected chi connectivity index (χ3v) is 4.30. The number of unbranched alkanes of at least 4 members (excludes halogenated alkanes) is 2. The number of hydroxylamine groups is 2. The van der Waals surface area contributed by atoms with Gasteiger partial charge in [-0.3, -0.25) is 25.6 Å². The van der Waals surface area contributed by atoms with Gasteiger partial charge in [0.2, 0.25) is 18.3 Å². The van der Waals surface area contributed by atoms with Crippen LogP contribution < -0.4 is 10.9 Å². The molecule has 0 spiro atoms. The Bertz CT molecular complexity index is 775. The van der Waals surface area contributed by atoms with Crippen molar-refractivity contribution in [3.05, 3.63) is 23.7 Å². The molecule has 0 saturated heterocycles. The Kier molecular flexibility index (Phi) is 7.88. The van der Waals surface area contributed by atoms with Crippen LogP contribution in [0.15, 0.2) is 16.8 Å². The molecular weight excluding hydrogens is 364 g/mol. The van der Waals surface area contributed by atoms with Crippen molar-refractivity contribution in [1.82, 2.24) is 25.6 Å². The maximum atomic E-state index is 12.5. The van der Waals surface area contributed by atoms with Crippen molar-refractivity contribution in [1.29, 1.82) is 0 Å². The standard InChI is InChI=1S/C18H26N6O4/c1-4-5-6-7-14(10-24(27)11-25)17(26)21-22-18-19-9-8-15(20-18)16-12(2)23-28-13(16)3/h8-9,11,14,27H,4-7,10H2,1-3H3,(H,21,26)(H,19,20,22)/t14-/m1/s1. The summed E-state index contributed by atoms with van der Waals surface area (Å²) in [5.41, 5.74) is 7.33. The van der Waals surface area contributed by atoms with E-state index in [4.69, 9.17) is 4.52 Å². The molecule has 2 amide bonds. The Morgan fingerprint density at radius 1 is 1.39 bits per heavy atom. The Labute approximate surface area is 163 Å². The van der Waals surface area contributed by atoms with Gasteiger partial charge in [0.25, 0.3) is 0 Å². The lowest BCUT2D eigenvalue weighted by Gasteiger charge is -2.19. The summed E-state index contributed by atoms with van der Waals surface area (Å²) in [6, 6.07) is 1.72. The molecule has 10 nitrogen and oxygen atoms in total. The van der Waals surface area contributed by atoms with Gasteiger partial charge < -0.3 is 4.52 Å². The molecule has 152 valence electrons. The van der Waals surface area contributed by atoms with E-state index < -0.39 is 5.92 Å². The average molecular weight is 390 g/mol. The number of nitrogens with one attached hydrogen (secondary N) is 2. The quantitative estimate of drug-likeness (QED) is 0.230. The van der Waals surface area contributed by atoms with Gasteiger partial charge >= 0.3 is 0 Å². The second kappa shape index (κ2) is 10.4. The molecule has 0 saturated carbocycles. The topological polar surface area (TPSA) is 133 Å². The molecule has 0 fully saturated rings. The number of carbonyl (C=O) groups excluding carboxylic acids is 2. The average Bonchev–Trinajstić information content (AvgIpc) is 3.03. The van der Waals surface area contributed by atoms with Crippen LogP contribution in [0.1, 0.15) is 44.1 Å². The van der Waals surface area contributed by atoms with Gasteiger partial charge in [-0.2, -0.15) is 0 Å². The first-order valence-corrected chi connectivity index (χ1v) is 9.19. The zero-order valence-electron chi connectivity index (χ0n) is 16.3. The van der Waals surface area contributed by atoms with E-state index in [9.17, 15) is 14.8 Å². The molecule has 2 aromatic heterocycles. The number of aromatic nitrogens is 3. The van der Waals surface area contributed by atoms with Crippen LogP contribution in [0, 0.1) is 19.8 Å². The zero-order chi connectivity index (χ0) is 20.5. The van der Waals surface area contributed by atoms with E-state index in [-0.39, 0.29) is 24.8 Å². The second-order valence-electron chi connectivity index (χ2n) is 6.50. The highest BCUT2D eigenvalue weighted by atomic mass is 16.5. The highest BCUT2D eigenvalue weighted by Gasteiger charge is 2.21. The summed E-state index contributed by atoms with van der Waals surface area (Å²) in [5.74, 6) is -0.0724. The minimum Gasteiger partial charge on any atom is -0.361 e. The Balaban J connectivity index is 2.03. The highest BCUT2D eigenvalue weighted by Crippen LogP contribution is 2.25. The molecular formula is C18H26N6O4. The van der Waals surface area contributed by atoms with E-state index in [1.807, 2.05) is 6.92 Å². The Hall–Kier alpha value is -3.01. The maximum absolute atomic E-state index is 12.5. The minimum absolute atomic E-state index is 0.0826. The van der Waals surface area contributed by atoms with Gasteiger partial charge in [0.15, 0.2) is 0 Å². The van der Waals surface area contributed by atoms with E-state index in [2.05, 4.69) is 32.9 Å². The van der Waals surface area contributed by atoms with Crippen molar-refractivity contribution in [2.24, 2.45) is 5.92 Å². The van der Waals surface area contributed by atoms with Crippen molar-refractivity contribution >= 4 is 18.3 Å². The zero-order valence-corrected chi connectivity index (χ0v) is 16.3. The predicted molar refractivity (Wildman–Crippen MR) is 101 cm³/mol. The van der Waals surface area contributed by atoms with Gasteiger partial charge in [0.1, 0.15) is 5.76 Å². The summed E-state index contributed by atoms with van der Waals surface area (Å²) in [7, 11) is 0. The molecule has 3 N–H and O–H groups in total. The Morgan fingerprint density at radius 3 is 2.82 bits per heavy atom. The van der Waals surface area contributed by atoms with E-state index in [0.29, 0.717) is 28.6 Å². The Morgan fingerprint density at radius 2 is 2.18 bits per heavy atom. The first kappa shape index (κ1) is 21.3. The van der Waals surface area contributed by atoms with Crippen LogP contribution in [0.2, 0.25) is 0 Å². The highest BCUT2D eigenvalue weighted by molar-refractivity contribution is 5.80. The largest absolute Gasteiger partial charge is 0.361 e. The molecule has 0 aliphatic heterocycles. The maximum Gasteiger partial charge on any atom is 0.243 e. The smallest absolute Gasteiger partial charge is 0.243 e. The van der Waals surface area contributed by atoms with Gasteiger partial charge in [0.05, 0.1) is 29.4 Å². The van der Waals surface area contributed by atoms with E-state index in [0.717, 1.165) is 24.8 Å². The van der Waals surface area contributed by atoms with Crippen LogP contribution >= 0.6 is 0 Å². The fourth-order valence-electron chi connectivity index (χ4n) is 2.84. The van der Waals surface area contributed by atoms with Gasteiger partial charge in [-0.25, -0.2) is 15.0 Å². The number of anilines is 1. The van der Waals surface area contributed by atoms with Crippen molar-refractivity contribution < 1.29 is 19.3 Å². The molecule has 0 bridgehead atoms. The van der Waals surface area contributed by atoms with Gasteiger partial charge in [-0.1, -0.05) is 31.3 Å². The lowest BCUT2D eigenvalue weighted by molar-refractivity contribution is -0.154. The number of hydrogen-bond donors (Lipinski definition) is 3. The molecule has 2 heterocycles. The lowest BCUT2D eigenvalue weighted by atomic mass is 10.0. The van der Waals surface area contributed by atoms with Gasteiger partial charge in [-0.05, 0) is 26.3 Å². The molecule has 0 radical (unpaired) electrons. The normalized spacial score (nSPS) is 11.7. The van der Waals surface area contributed by atoms with Crippen molar-refractivity contribution in [2.45, 2.75) is 46.5 Å². The van der Waals surface area contributed by atoms with Gasteiger partial charge in [-0.15, -0.1) is 0 Å². The third-order valence-electron chi connectivity index (χ3n) is 4.30. The first-order chi connectivity index (χ1) is 13.5. The number of hydrogen-bond acceptors (Lipinski definition) is 8. The lowest BCUT2D eigenvalue weighted by Crippen LogP contribution is -2.40. The molecule has 10 heteroatoms. The predicted octanol–water partition coefficient (Wildman–Crippen LogP) is 2.24. The molecule has 0 aliphatic carbocycles. The number of amides is 2. The fraction of sp³-hybridized carbons (Fsp3) is 0.500. The van der Waals surface area contributed by atoms with Crippen LogP contribution in [-0.2, 0) is 9.59 Å². The number of nitrogens with zero attached hydrogens (tertiary/aromatic N) is 4. The summed E-state index contributed by atoms with van der Waals surface area (Å²) >= 11 is 0. The number of aryl methyl sites for hydroxylation is 2. The van der Waals surface area contributed by atoms with E-state index >= 15 is 0 Å². The molecule has 0 aliphatic rings. The molecule has 0 aromatic carbocycles. The van der Waals surface area contributed by atoms with Crippen LogP contribution in [-0.4, -0.2) is 44.3 Å². The number of rotatable bonds is 11. The van der Waals surface area contributed by atoms with Crippen LogP contribution in [0.25, 0.3) is 11.3 Å². The van der Waals surface area contributed by atoms with Crippen molar-refractivity contribution in [3.63, 3.8) is 0 Å². The van der Waals surface area contributed by atoms with Crippen LogP contribution in [0.3, 0.4) is 0 Å². The summed E-state index contributed by atoms with van der Waals surface area (Å²) in [6.07, 6.45) is 5.18. The van der Waals surface area contributed by atoms with Crippen molar-refractivity contribution in [2.75, 3.05) is 12.0 Å². The summed E-state index contributed by atoms with van der Waals surface area (Å²) in [6.45, 7) is 5.59. The number of carbonyl (C=O) groups is 2. The molecule has 0 unspecified atom stereocenters. The molecule has 28 heavy (non-hydrogen) atoms. The van der Waals surface area contributed by atoms with E-state index in [1.165, 1.54) is 0 Å². The summed E-state index contributed by atoms with van der Waals surface area (Å²) < 4.78 is 5.16. The first-order valence-electron chi connectivity index (χ1n) is 9.19. The van der Waals surface area contributed by atoms with Crippen molar-refractivity contribution in [3.8, 4) is 11.3 Å². The molecule has 1 atom stereocenters.